The van der Waals surface area contributed by atoms with Gasteiger partial charge in [0.05, 0.1) is 13.7 Å². The van der Waals surface area contributed by atoms with Crippen molar-refractivity contribution in [3.63, 3.8) is 0 Å². The number of ether oxygens (including phenoxy) is 3. The highest BCUT2D eigenvalue weighted by atomic mass is 19.4. The van der Waals surface area contributed by atoms with Gasteiger partial charge in [0, 0.05) is 6.07 Å². The van der Waals surface area contributed by atoms with E-state index in [4.69, 9.17) is 14.2 Å². The number of hydrogen-bond donors (Lipinski definition) is 1. The van der Waals surface area contributed by atoms with Gasteiger partial charge in [-0.25, -0.2) is 0 Å². The predicted octanol–water partition coefficient (Wildman–Crippen LogP) is 4.61. The first kappa shape index (κ1) is 16.8. The van der Waals surface area contributed by atoms with Crippen LogP contribution in [0.5, 0.6) is 28.7 Å². The summed E-state index contributed by atoms with van der Waals surface area (Å²) in [6.07, 6.45) is -4.67. The molecule has 2 rings (SSSR count). The van der Waals surface area contributed by atoms with E-state index in [2.05, 4.69) is 0 Å². The lowest BCUT2D eigenvalue weighted by molar-refractivity contribution is -0.138. The first-order chi connectivity index (χ1) is 10.8. The average molecular weight is 328 g/mol. The fourth-order valence-corrected chi connectivity index (χ4v) is 1.93. The van der Waals surface area contributed by atoms with Crippen LogP contribution < -0.4 is 14.2 Å². The number of hydrogen-bond acceptors (Lipinski definition) is 4. The van der Waals surface area contributed by atoms with Crippen molar-refractivity contribution in [3.8, 4) is 28.7 Å². The molecule has 124 valence electrons. The second-order valence-electron chi connectivity index (χ2n) is 4.52. The van der Waals surface area contributed by atoms with Crippen LogP contribution in [0.25, 0.3) is 0 Å². The SMILES string of the molecule is CCOc1cc(Oc2ccc(O)c(C(F)(F)F)c2)ccc1OC. The van der Waals surface area contributed by atoms with E-state index in [0.29, 0.717) is 18.1 Å². The van der Waals surface area contributed by atoms with Gasteiger partial charge >= 0.3 is 6.18 Å². The highest BCUT2D eigenvalue weighted by Crippen LogP contribution is 2.39. The van der Waals surface area contributed by atoms with Crippen molar-refractivity contribution >= 4 is 0 Å². The molecular weight excluding hydrogens is 313 g/mol. The Balaban J connectivity index is 2.30. The topological polar surface area (TPSA) is 47.9 Å². The molecular formula is C16H15F3O4. The minimum absolute atomic E-state index is 0.0530. The minimum Gasteiger partial charge on any atom is -0.507 e. The number of methoxy groups -OCH3 is 1. The molecule has 1 N–H and O–H groups in total. The lowest BCUT2D eigenvalue weighted by atomic mass is 10.2. The van der Waals surface area contributed by atoms with Crippen molar-refractivity contribution < 1.29 is 32.5 Å². The lowest BCUT2D eigenvalue weighted by Crippen LogP contribution is -2.05. The van der Waals surface area contributed by atoms with Gasteiger partial charge in [0.15, 0.2) is 11.5 Å². The molecule has 0 spiro atoms. The maximum absolute atomic E-state index is 12.8. The van der Waals surface area contributed by atoms with Gasteiger partial charge in [-0.3, -0.25) is 0 Å². The summed E-state index contributed by atoms with van der Waals surface area (Å²) in [6, 6.07) is 7.57. The Bertz CT molecular complexity index is 684. The number of aromatic hydroxyl groups is 1. The Kier molecular flexibility index (Phi) is 4.88. The molecule has 2 aromatic carbocycles. The zero-order chi connectivity index (χ0) is 17.0. The summed E-state index contributed by atoms with van der Waals surface area (Å²) in [7, 11) is 1.48. The van der Waals surface area contributed by atoms with Crippen LogP contribution in [0.2, 0.25) is 0 Å². The molecule has 0 unspecified atom stereocenters. The van der Waals surface area contributed by atoms with Gasteiger partial charge < -0.3 is 19.3 Å². The third-order valence-corrected chi connectivity index (χ3v) is 2.94. The molecule has 0 fully saturated rings. The maximum atomic E-state index is 12.8. The van der Waals surface area contributed by atoms with E-state index in [1.165, 1.54) is 19.2 Å². The summed E-state index contributed by atoms with van der Waals surface area (Å²) in [6.45, 7) is 2.19. The molecule has 0 aliphatic heterocycles. The molecule has 0 aliphatic carbocycles. The second kappa shape index (κ2) is 6.68. The zero-order valence-corrected chi connectivity index (χ0v) is 12.5. The molecule has 0 heterocycles. The Morgan fingerprint density at radius 1 is 1.00 bits per heavy atom. The van der Waals surface area contributed by atoms with Gasteiger partial charge in [0.25, 0.3) is 0 Å². The van der Waals surface area contributed by atoms with Crippen LogP contribution in [-0.2, 0) is 6.18 Å². The van der Waals surface area contributed by atoms with Gasteiger partial charge in [-0.1, -0.05) is 0 Å². The molecule has 23 heavy (non-hydrogen) atoms. The molecule has 0 aromatic heterocycles. The smallest absolute Gasteiger partial charge is 0.420 e. The molecule has 0 saturated carbocycles. The van der Waals surface area contributed by atoms with Crippen LogP contribution in [-0.4, -0.2) is 18.8 Å². The van der Waals surface area contributed by atoms with Crippen LogP contribution in [0.3, 0.4) is 0 Å². The Morgan fingerprint density at radius 2 is 1.65 bits per heavy atom. The fraction of sp³-hybridized carbons (Fsp3) is 0.250. The van der Waals surface area contributed by atoms with Crippen LogP contribution in [0.15, 0.2) is 36.4 Å². The lowest BCUT2D eigenvalue weighted by Gasteiger charge is -2.13. The normalized spacial score (nSPS) is 11.2. The molecule has 0 amide bonds. The van der Waals surface area contributed by atoms with Gasteiger partial charge in [-0.2, -0.15) is 13.2 Å². The number of rotatable bonds is 5. The van der Waals surface area contributed by atoms with Crippen molar-refractivity contribution in [3.05, 3.63) is 42.0 Å². The van der Waals surface area contributed by atoms with Crippen LogP contribution >= 0.6 is 0 Å². The van der Waals surface area contributed by atoms with E-state index >= 15 is 0 Å². The van der Waals surface area contributed by atoms with Gasteiger partial charge in [0.2, 0.25) is 0 Å². The molecule has 2 aromatic rings. The van der Waals surface area contributed by atoms with Crippen molar-refractivity contribution in [1.29, 1.82) is 0 Å². The van der Waals surface area contributed by atoms with Crippen LogP contribution in [0.4, 0.5) is 13.2 Å². The Hall–Kier alpha value is -2.57. The predicted molar refractivity (Wildman–Crippen MR) is 77.3 cm³/mol. The van der Waals surface area contributed by atoms with E-state index < -0.39 is 17.5 Å². The van der Waals surface area contributed by atoms with Crippen LogP contribution in [0.1, 0.15) is 12.5 Å². The van der Waals surface area contributed by atoms with E-state index in [0.717, 1.165) is 12.1 Å². The van der Waals surface area contributed by atoms with E-state index in [1.54, 1.807) is 19.1 Å². The van der Waals surface area contributed by atoms with Crippen molar-refractivity contribution in [2.24, 2.45) is 0 Å². The summed E-state index contributed by atoms with van der Waals surface area (Å²) in [4.78, 5) is 0. The highest BCUT2D eigenvalue weighted by molar-refractivity contribution is 5.48. The number of phenolic OH excluding ortho intramolecular Hbond substituents is 1. The third kappa shape index (κ3) is 4.00. The summed E-state index contributed by atoms with van der Waals surface area (Å²) in [5.41, 5.74) is -1.16. The molecule has 0 atom stereocenters. The first-order valence-corrected chi connectivity index (χ1v) is 6.74. The zero-order valence-electron chi connectivity index (χ0n) is 12.5. The van der Waals surface area contributed by atoms with E-state index in [9.17, 15) is 18.3 Å². The van der Waals surface area contributed by atoms with E-state index in [1.807, 2.05) is 0 Å². The quantitative estimate of drug-likeness (QED) is 0.871. The molecule has 0 saturated heterocycles. The van der Waals surface area contributed by atoms with Crippen molar-refractivity contribution in [2.75, 3.05) is 13.7 Å². The van der Waals surface area contributed by atoms with Crippen LogP contribution in [0, 0.1) is 0 Å². The third-order valence-electron chi connectivity index (χ3n) is 2.94. The molecule has 7 heteroatoms. The molecule has 0 aliphatic rings. The van der Waals surface area contributed by atoms with Crippen molar-refractivity contribution in [1.82, 2.24) is 0 Å². The van der Waals surface area contributed by atoms with E-state index in [-0.39, 0.29) is 11.5 Å². The van der Waals surface area contributed by atoms with Gasteiger partial charge in [0.1, 0.15) is 22.8 Å². The second-order valence-corrected chi connectivity index (χ2v) is 4.52. The summed E-state index contributed by atoms with van der Waals surface area (Å²) < 4.78 is 54.2. The summed E-state index contributed by atoms with van der Waals surface area (Å²) in [5.74, 6) is 0.286. The highest BCUT2D eigenvalue weighted by Gasteiger charge is 2.34. The maximum Gasteiger partial charge on any atom is 0.420 e. The molecule has 0 radical (unpaired) electrons. The van der Waals surface area contributed by atoms with Gasteiger partial charge in [-0.05, 0) is 37.3 Å². The van der Waals surface area contributed by atoms with Gasteiger partial charge in [-0.15, -0.1) is 0 Å². The standard InChI is InChI=1S/C16H15F3O4/c1-3-22-15-9-11(5-7-14(15)21-2)23-10-4-6-13(20)12(8-10)16(17,18)19/h4-9,20H,3H2,1-2H3. The Morgan fingerprint density at radius 3 is 2.26 bits per heavy atom. The minimum atomic E-state index is -4.67. The summed E-state index contributed by atoms with van der Waals surface area (Å²) in [5, 5.41) is 9.31. The number of phenols is 1. The number of halogens is 3. The number of alkyl halides is 3. The molecule has 4 nitrogen and oxygen atoms in total. The average Bonchev–Trinajstić information content (AvgIpc) is 2.49. The monoisotopic (exact) mass is 328 g/mol. The fourth-order valence-electron chi connectivity index (χ4n) is 1.93. The molecule has 0 bridgehead atoms. The first-order valence-electron chi connectivity index (χ1n) is 6.74. The summed E-state index contributed by atoms with van der Waals surface area (Å²) >= 11 is 0. The largest absolute Gasteiger partial charge is 0.507 e. The Labute approximate surface area is 131 Å². The number of benzene rings is 2. The van der Waals surface area contributed by atoms with Crippen molar-refractivity contribution in [2.45, 2.75) is 13.1 Å².